The average molecular weight is 262 g/mol. The molecule has 0 aliphatic heterocycles. The molecule has 2 atom stereocenters. The monoisotopic (exact) mass is 262 g/mol. The van der Waals surface area contributed by atoms with E-state index in [1.54, 1.807) is 0 Å². The quantitative estimate of drug-likeness (QED) is 0.558. The summed E-state index contributed by atoms with van der Waals surface area (Å²) in [6.07, 6.45) is 0.732. The number of aliphatic hydroxyl groups is 2. The van der Waals surface area contributed by atoms with Crippen LogP contribution < -0.4 is 0 Å². The molecule has 0 amide bonds. The molecule has 0 aliphatic rings. The van der Waals surface area contributed by atoms with E-state index in [0.29, 0.717) is 38.3 Å². The van der Waals surface area contributed by atoms with Gasteiger partial charge in [0.25, 0.3) is 0 Å². The second kappa shape index (κ2) is 10.7. The first-order valence-electron chi connectivity index (χ1n) is 6.93. The lowest BCUT2D eigenvalue weighted by Gasteiger charge is -2.15. The molecule has 2 N–H and O–H groups in total. The van der Waals surface area contributed by atoms with Crippen molar-refractivity contribution in [2.24, 2.45) is 11.8 Å². The second-order valence-electron chi connectivity index (χ2n) is 5.72. The molecule has 110 valence electrons. The van der Waals surface area contributed by atoms with Gasteiger partial charge in [-0.25, -0.2) is 0 Å². The second-order valence-corrected chi connectivity index (χ2v) is 5.72. The number of hydrogen-bond acceptors (Lipinski definition) is 4. The van der Waals surface area contributed by atoms with Gasteiger partial charge in [0.1, 0.15) is 0 Å². The predicted octanol–water partition coefficient (Wildman–Crippen LogP) is 1.83. The zero-order valence-electron chi connectivity index (χ0n) is 12.3. The van der Waals surface area contributed by atoms with Crippen LogP contribution in [-0.2, 0) is 9.47 Å². The topological polar surface area (TPSA) is 58.9 Å². The fraction of sp³-hybridized carbons (Fsp3) is 1.00. The smallest absolute Gasteiger partial charge is 0.0776 e. The van der Waals surface area contributed by atoms with Crippen LogP contribution in [0.2, 0.25) is 0 Å². The van der Waals surface area contributed by atoms with E-state index in [-0.39, 0.29) is 0 Å². The van der Waals surface area contributed by atoms with E-state index in [1.165, 1.54) is 0 Å². The van der Waals surface area contributed by atoms with Crippen LogP contribution in [0.25, 0.3) is 0 Å². The average Bonchev–Trinajstić information content (AvgIpc) is 2.20. The zero-order chi connectivity index (χ0) is 14.0. The first-order valence-corrected chi connectivity index (χ1v) is 6.93. The summed E-state index contributed by atoms with van der Waals surface area (Å²) in [7, 11) is 0. The van der Waals surface area contributed by atoms with Crippen molar-refractivity contribution in [3.63, 3.8) is 0 Å². The summed E-state index contributed by atoms with van der Waals surface area (Å²) < 4.78 is 10.6. The Balaban J connectivity index is 3.30. The minimum absolute atomic E-state index is 0.357. The van der Waals surface area contributed by atoms with Crippen LogP contribution in [0.15, 0.2) is 0 Å². The Morgan fingerprint density at radius 3 is 1.33 bits per heavy atom. The fourth-order valence-corrected chi connectivity index (χ4v) is 1.78. The molecule has 0 spiro atoms. The summed E-state index contributed by atoms with van der Waals surface area (Å²) in [4.78, 5) is 0. The van der Waals surface area contributed by atoms with Crippen molar-refractivity contribution in [3.05, 3.63) is 0 Å². The maximum Gasteiger partial charge on any atom is 0.0776 e. The Kier molecular flexibility index (Phi) is 10.6. The van der Waals surface area contributed by atoms with Gasteiger partial charge in [0, 0.05) is 0 Å². The van der Waals surface area contributed by atoms with Gasteiger partial charge in [-0.05, 0) is 24.7 Å². The molecule has 0 aromatic carbocycles. The predicted molar refractivity (Wildman–Crippen MR) is 72.6 cm³/mol. The Morgan fingerprint density at radius 2 is 1.06 bits per heavy atom. The molecule has 4 heteroatoms. The number of rotatable bonds is 11. The minimum Gasteiger partial charge on any atom is -0.391 e. The maximum atomic E-state index is 9.56. The molecule has 0 bridgehead atoms. The van der Waals surface area contributed by atoms with Crippen LogP contribution in [-0.4, -0.2) is 48.8 Å². The van der Waals surface area contributed by atoms with Gasteiger partial charge in [-0.2, -0.15) is 0 Å². The van der Waals surface area contributed by atoms with Gasteiger partial charge < -0.3 is 19.7 Å². The minimum atomic E-state index is -0.392. The van der Waals surface area contributed by atoms with Gasteiger partial charge in [-0.3, -0.25) is 0 Å². The first kappa shape index (κ1) is 17.8. The van der Waals surface area contributed by atoms with Crippen molar-refractivity contribution in [1.29, 1.82) is 0 Å². The highest BCUT2D eigenvalue weighted by atomic mass is 16.5. The Morgan fingerprint density at radius 1 is 0.722 bits per heavy atom. The molecule has 0 aromatic heterocycles. The van der Waals surface area contributed by atoms with Crippen LogP contribution in [0.3, 0.4) is 0 Å². The fourth-order valence-electron chi connectivity index (χ4n) is 1.78. The summed E-state index contributed by atoms with van der Waals surface area (Å²) in [5.74, 6) is 0.956. The highest BCUT2D eigenvalue weighted by molar-refractivity contribution is 4.58. The largest absolute Gasteiger partial charge is 0.391 e. The summed E-state index contributed by atoms with van der Waals surface area (Å²) in [5, 5.41) is 19.1. The molecule has 0 heterocycles. The van der Waals surface area contributed by atoms with Crippen molar-refractivity contribution in [2.45, 2.75) is 52.7 Å². The van der Waals surface area contributed by atoms with Crippen LogP contribution in [0.1, 0.15) is 40.5 Å². The lowest BCUT2D eigenvalue weighted by Crippen LogP contribution is -2.21. The van der Waals surface area contributed by atoms with Crippen LogP contribution in [0.5, 0.6) is 0 Å². The molecule has 18 heavy (non-hydrogen) atoms. The molecule has 0 saturated carbocycles. The van der Waals surface area contributed by atoms with Gasteiger partial charge in [-0.1, -0.05) is 27.7 Å². The SMILES string of the molecule is CC(C)CC(O)COCCOCC(O)CC(C)C. The van der Waals surface area contributed by atoms with E-state index in [2.05, 4.69) is 27.7 Å². The molecular formula is C14H30O4. The van der Waals surface area contributed by atoms with Gasteiger partial charge in [-0.15, -0.1) is 0 Å². The maximum absolute atomic E-state index is 9.56. The Labute approximate surface area is 111 Å². The Hall–Kier alpha value is -0.160. The van der Waals surface area contributed by atoms with Gasteiger partial charge >= 0.3 is 0 Å². The summed E-state index contributed by atoms with van der Waals surface area (Å²) >= 11 is 0. The third-order valence-corrected chi connectivity index (χ3v) is 2.48. The van der Waals surface area contributed by atoms with Crippen molar-refractivity contribution in [1.82, 2.24) is 0 Å². The standard InChI is InChI=1S/C14H30O4/c1-11(2)7-13(15)9-17-5-6-18-10-14(16)8-12(3)4/h11-16H,5-10H2,1-4H3. The van der Waals surface area contributed by atoms with Gasteiger partial charge in [0.05, 0.1) is 38.6 Å². The summed E-state index contributed by atoms with van der Waals surface area (Å²) in [6.45, 7) is 9.93. The molecule has 0 rings (SSSR count). The molecule has 2 unspecified atom stereocenters. The normalized spacial score (nSPS) is 15.3. The van der Waals surface area contributed by atoms with Crippen molar-refractivity contribution >= 4 is 0 Å². The van der Waals surface area contributed by atoms with Gasteiger partial charge in [0.2, 0.25) is 0 Å². The summed E-state index contributed by atoms with van der Waals surface area (Å²) in [5.41, 5.74) is 0. The molecule has 0 fully saturated rings. The molecule has 0 radical (unpaired) electrons. The summed E-state index contributed by atoms with van der Waals surface area (Å²) in [6, 6.07) is 0. The van der Waals surface area contributed by atoms with Crippen LogP contribution in [0.4, 0.5) is 0 Å². The van der Waals surface area contributed by atoms with E-state index in [0.717, 1.165) is 12.8 Å². The highest BCUT2D eigenvalue weighted by Gasteiger charge is 2.08. The number of hydrogen-bond donors (Lipinski definition) is 2. The molecule has 4 nitrogen and oxygen atoms in total. The van der Waals surface area contributed by atoms with E-state index in [9.17, 15) is 10.2 Å². The van der Waals surface area contributed by atoms with E-state index < -0.39 is 12.2 Å². The number of ether oxygens (including phenoxy) is 2. The third-order valence-electron chi connectivity index (χ3n) is 2.48. The van der Waals surface area contributed by atoms with Gasteiger partial charge in [0.15, 0.2) is 0 Å². The van der Waals surface area contributed by atoms with Crippen molar-refractivity contribution in [3.8, 4) is 0 Å². The molecule has 0 saturated heterocycles. The molecular weight excluding hydrogens is 232 g/mol. The van der Waals surface area contributed by atoms with Crippen molar-refractivity contribution in [2.75, 3.05) is 26.4 Å². The zero-order valence-corrected chi connectivity index (χ0v) is 12.3. The molecule has 0 aliphatic carbocycles. The van der Waals surface area contributed by atoms with E-state index in [1.807, 2.05) is 0 Å². The first-order chi connectivity index (χ1) is 8.41. The third kappa shape index (κ3) is 12.3. The highest BCUT2D eigenvalue weighted by Crippen LogP contribution is 2.05. The molecule has 0 aromatic rings. The van der Waals surface area contributed by atoms with E-state index >= 15 is 0 Å². The van der Waals surface area contributed by atoms with E-state index in [4.69, 9.17) is 9.47 Å². The van der Waals surface area contributed by atoms with Crippen LogP contribution in [0, 0.1) is 11.8 Å². The lowest BCUT2D eigenvalue weighted by molar-refractivity contribution is -0.0233. The van der Waals surface area contributed by atoms with Crippen molar-refractivity contribution < 1.29 is 19.7 Å². The van der Waals surface area contributed by atoms with Crippen LogP contribution >= 0.6 is 0 Å². The lowest BCUT2D eigenvalue weighted by atomic mass is 10.1. The number of aliphatic hydroxyl groups excluding tert-OH is 2. The Bertz CT molecular complexity index is 163.